The molecule has 0 saturated carbocycles. The number of sulfonamides is 1. The van der Waals surface area contributed by atoms with Crippen molar-refractivity contribution in [1.29, 1.82) is 0 Å². The predicted molar refractivity (Wildman–Crippen MR) is 98.3 cm³/mol. The normalized spacial score (nSPS) is 19.2. The lowest BCUT2D eigenvalue weighted by Crippen LogP contribution is -2.57. The number of nitrogens with zero attached hydrogens (tertiary/aromatic N) is 2. The van der Waals surface area contributed by atoms with Crippen LogP contribution in [-0.2, 0) is 14.8 Å². The molecule has 1 atom stereocenters. The Morgan fingerprint density at radius 3 is 2.40 bits per heavy atom. The molecule has 1 saturated heterocycles. The molecule has 0 unspecified atom stereocenters. The molecule has 0 aliphatic carbocycles. The molecule has 3 rings (SSSR count). The van der Waals surface area contributed by atoms with Crippen molar-refractivity contribution in [2.45, 2.75) is 24.8 Å². The number of anilines is 1. The van der Waals surface area contributed by atoms with Crippen LogP contribution >= 0.6 is 11.6 Å². The topological polar surface area (TPSA) is 57.7 Å². The van der Waals surface area contributed by atoms with Gasteiger partial charge in [0, 0.05) is 23.8 Å². The van der Waals surface area contributed by atoms with E-state index in [2.05, 4.69) is 0 Å². The summed E-state index contributed by atoms with van der Waals surface area (Å²) in [6, 6.07) is 12.8. The monoisotopic (exact) mass is 378 g/mol. The highest BCUT2D eigenvalue weighted by Crippen LogP contribution is 2.30. The Bertz CT molecular complexity index is 900. The van der Waals surface area contributed by atoms with Gasteiger partial charge in [-0.25, -0.2) is 8.42 Å². The quantitative estimate of drug-likeness (QED) is 0.824. The third-order valence-electron chi connectivity index (χ3n) is 4.48. The molecule has 1 aliphatic heterocycles. The predicted octanol–water partition coefficient (Wildman–Crippen LogP) is 3.07. The lowest BCUT2D eigenvalue weighted by Gasteiger charge is -2.38. The van der Waals surface area contributed by atoms with E-state index in [-0.39, 0.29) is 23.9 Å². The molecule has 5 nitrogen and oxygen atoms in total. The van der Waals surface area contributed by atoms with Gasteiger partial charge in [-0.3, -0.25) is 4.79 Å². The summed E-state index contributed by atoms with van der Waals surface area (Å²) in [4.78, 5) is 14.7. The van der Waals surface area contributed by atoms with Crippen LogP contribution in [0.4, 0.5) is 5.69 Å². The SMILES string of the molecule is Cc1c(Cl)cccc1N1CCN(S(=O)(=O)c2ccccc2)[C@H](C)C1=O. The van der Waals surface area contributed by atoms with E-state index in [0.29, 0.717) is 5.02 Å². The summed E-state index contributed by atoms with van der Waals surface area (Å²) in [6.07, 6.45) is 0. The largest absolute Gasteiger partial charge is 0.309 e. The molecule has 25 heavy (non-hydrogen) atoms. The van der Waals surface area contributed by atoms with Gasteiger partial charge in [-0.1, -0.05) is 35.9 Å². The van der Waals surface area contributed by atoms with Crippen LogP contribution in [0.1, 0.15) is 12.5 Å². The molecule has 0 radical (unpaired) electrons. The van der Waals surface area contributed by atoms with Crippen molar-refractivity contribution in [1.82, 2.24) is 4.31 Å². The van der Waals surface area contributed by atoms with E-state index in [1.165, 1.54) is 4.31 Å². The van der Waals surface area contributed by atoms with Crippen LogP contribution in [0.3, 0.4) is 0 Å². The number of rotatable bonds is 3. The lowest BCUT2D eigenvalue weighted by atomic mass is 10.1. The number of hydrogen-bond acceptors (Lipinski definition) is 3. The first kappa shape index (κ1) is 17.9. The third kappa shape index (κ3) is 3.17. The summed E-state index contributed by atoms with van der Waals surface area (Å²) in [6.45, 7) is 3.99. The van der Waals surface area contributed by atoms with Crippen LogP contribution in [0.2, 0.25) is 5.02 Å². The Morgan fingerprint density at radius 1 is 1.04 bits per heavy atom. The van der Waals surface area contributed by atoms with E-state index in [1.54, 1.807) is 54.3 Å². The highest BCUT2D eigenvalue weighted by Gasteiger charge is 2.39. The van der Waals surface area contributed by atoms with Crippen molar-refractivity contribution < 1.29 is 13.2 Å². The Kier molecular flexibility index (Phi) is 4.86. The Morgan fingerprint density at radius 2 is 1.72 bits per heavy atom. The molecule has 7 heteroatoms. The van der Waals surface area contributed by atoms with Crippen LogP contribution < -0.4 is 4.90 Å². The zero-order valence-electron chi connectivity index (χ0n) is 14.0. The maximum Gasteiger partial charge on any atom is 0.245 e. The maximum absolute atomic E-state index is 12.9. The molecule has 0 bridgehead atoms. The first-order valence-corrected chi connectivity index (χ1v) is 9.79. The molecule has 0 aromatic heterocycles. The lowest BCUT2D eigenvalue weighted by molar-refractivity contribution is -0.123. The maximum atomic E-state index is 12.9. The molecule has 1 fully saturated rings. The summed E-state index contributed by atoms with van der Waals surface area (Å²) in [5.74, 6) is -0.254. The molecule has 1 heterocycles. The Hall–Kier alpha value is -1.89. The second kappa shape index (κ2) is 6.78. The zero-order valence-corrected chi connectivity index (χ0v) is 15.6. The minimum atomic E-state index is -3.71. The fourth-order valence-electron chi connectivity index (χ4n) is 3.03. The second-order valence-corrected chi connectivity index (χ2v) is 8.28. The van der Waals surface area contributed by atoms with Crippen molar-refractivity contribution in [3.8, 4) is 0 Å². The fraction of sp³-hybridized carbons (Fsp3) is 0.278. The van der Waals surface area contributed by atoms with Gasteiger partial charge >= 0.3 is 0 Å². The van der Waals surface area contributed by atoms with Gasteiger partial charge in [-0.15, -0.1) is 0 Å². The number of benzene rings is 2. The number of hydrogen-bond donors (Lipinski definition) is 0. The number of amides is 1. The highest BCUT2D eigenvalue weighted by molar-refractivity contribution is 7.89. The molecule has 132 valence electrons. The van der Waals surface area contributed by atoms with Gasteiger partial charge < -0.3 is 4.90 Å². The van der Waals surface area contributed by atoms with Gasteiger partial charge in [0.2, 0.25) is 15.9 Å². The van der Waals surface area contributed by atoms with Crippen LogP contribution in [0.15, 0.2) is 53.4 Å². The minimum Gasteiger partial charge on any atom is -0.309 e. The van der Waals surface area contributed by atoms with E-state index in [1.807, 2.05) is 13.0 Å². The van der Waals surface area contributed by atoms with Crippen molar-refractivity contribution in [2.75, 3.05) is 18.0 Å². The van der Waals surface area contributed by atoms with Crippen LogP contribution in [0.25, 0.3) is 0 Å². The van der Waals surface area contributed by atoms with Crippen molar-refractivity contribution in [3.63, 3.8) is 0 Å². The molecular formula is C18H19ClN2O3S. The van der Waals surface area contributed by atoms with Gasteiger partial charge in [0.15, 0.2) is 0 Å². The van der Waals surface area contributed by atoms with Gasteiger partial charge in [-0.05, 0) is 43.7 Å². The van der Waals surface area contributed by atoms with Gasteiger partial charge in [-0.2, -0.15) is 4.31 Å². The van der Waals surface area contributed by atoms with E-state index in [0.717, 1.165) is 11.3 Å². The summed E-state index contributed by atoms with van der Waals surface area (Å²) in [5.41, 5.74) is 1.53. The van der Waals surface area contributed by atoms with Crippen LogP contribution in [-0.4, -0.2) is 37.8 Å². The fourth-order valence-corrected chi connectivity index (χ4v) is 4.80. The van der Waals surface area contributed by atoms with Crippen molar-refractivity contribution in [2.24, 2.45) is 0 Å². The molecule has 1 aliphatic rings. The average molecular weight is 379 g/mol. The summed E-state index contributed by atoms with van der Waals surface area (Å²) in [7, 11) is -3.71. The van der Waals surface area contributed by atoms with Gasteiger partial charge in [0.25, 0.3) is 0 Å². The number of carbonyl (C=O) groups is 1. The number of halogens is 1. The molecule has 1 amide bonds. The minimum absolute atomic E-state index is 0.196. The summed E-state index contributed by atoms with van der Waals surface area (Å²) >= 11 is 6.15. The van der Waals surface area contributed by atoms with Crippen molar-refractivity contribution >= 4 is 33.2 Å². The van der Waals surface area contributed by atoms with Crippen molar-refractivity contribution in [3.05, 3.63) is 59.1 Å². The second-order valence-electron chi connectivity index (χ2n) is 5.98. The van der Waals surface area contributed by atoms with Crippen LogP contribution in [0, 0.1) is 6.92 Å². The van der Waals surface area contributed by atoms with E-state index in [4.69, 9.17) is 11.6 Å². The van der Waals surface area contributed by atoms with Crippen LogP contribution in [0.5, 0.6) is 0 Å². The summed E-state index contributed by atoms with van der Waals surface area (Å²) in [5, 5.41) is 0.581. The molecule has 2 aromatic rings. The molecular weight excluding hydrogens is 360 g/mol. The Balaban J connectivity index is 1.91. The third-order valence-corrected chi connectivity index (χ3v) is 6.87. The summed E-state index contributed by atoms with van der Waals surface area (Å²) < 4.78 is 26.9. The van der Waals surface area contributed by atoms with E-state index in [9.17, 15) is 13.2 Å². The molecule has 2 aromatic carbocycles. The van der Waals surface area contributed by atoms with Gasteiger partial charge in [0.05, 0.1) is 4.90 Å². The van der Waals surface area contributed by atoms with Gasteiger partial charge in [0.1, 0.15) is 6.04 Å². The highest BCUT2D eigenvalue weighted by atomic mass is 35.5. The number of piperazine rings is 1. The molecule has 0 N–H and O–H groups in total. The van der Waals surface area contributed by atoms with E-state index >= 15 is 0 Å². The smallest absolute Gasteiger partial charge is 0.245 e. The standard InChI is InChI=1S/C18H19ClN2O3S/c1-13-16(19)9-6-10-17(13)20-11-12-21(14(2)18(20)22)25(23,24)15-7-4-3-5-8-15/h3-10,14H,11-12H2,1-2H3/t14-/m1/s1. The van der Waals surface area contributed by atoms with E-state index < -0.39 is 16.1 Å². The molecule has 0 spiro atoms. The zero-order chi connectivity index (χ0) is 18.2. The number of carbonyl (C=O) groups excluding carboxylic acids is 1. The first-order chi connectivity index (χ1) is 11.8. The average Bonchev–Trinajstić information content (AvgIpc) is 2.60. The first-order valence-electron chi connectivity index (χ1n) is 7.97. The Labute approximate surface area is 152 Å².